The summed E-state index contributed by atoms with van der Waals surface area (Å²) in [6.07, 6.45) is 3.61. The third-order valence-corrected chi connectivity index (χ3v) is 4.77. The highest BCUT2D eigenvalue weighted by Crippen LogP contribution is 2.29. The number of benzene rings is 1. The molecule has 0 saturated heterocycles. The molecule has 27 heavy (non-hydrogen) atoms. The van der Waals surface area contributed by atoms with E-state index in [4.69, 9.17) is 10.8 Å². The summed E-state index contributed by atoms with van der Waals surface area (Å²) in [5, 5.41) is 13.4. The zero-order chi connectivity index (χ0) is 19.0. The molecule has 4 rings (SSSR count). The molecule has 1 amide bonds. The highest BCUT2D eigenvalue weighted by Gasteiger charge is 2.13. The van der Waals surface area contributed by atoms with Gasteiger partial charge in [-0.15, -0.1) is 0 Å². The van der Waals surface area contributed by atoms with Crippen LogP contribution in [-0.2, 0) is 11.3 Å². The number of nitrogens with zero attached hydrogens (tertiary/aromatic N) is 5. The van der Waals surface area contributed by atoms with Gasteiger partial charge in [0, 0.05) is 43.4 Å². The monoisotopic (exact) mass is 363 g/mol. The number of H-pyrrole nitrogens is 1. The largest absolute Gasteiger partial charge is 0.383 e. The molecule has 0 atom stereocenters. The summed E-state index contributed by atoms with van der Waals surface area (Å²) in [5.41, 5.74) is 9.71. The van der Waals surface area contributed by atoms with Crippen LogP contribution >= 0.6 is 0 Å². The van der Waals surface area contributed by atoms with Crippen molar-refractivity contribution in [3.05, 3.63) is 36.7 Å². The van der Waals surface area contributed by atoms with Gasteiger partial charge < -0.3 is 10.6 Å². The number of likely N-dealkylation sites (N-methyl/N-ethyl adjacent to an activating group) is 1. The van der Waals surface area contributed by atoms with E-state index in [0.29, 0.717) is 25.5 Å². The molecule has 0 fully saturated rings. The fourth-order valence-electron chi connectivity index (χ4n) is 3.28. The first-order chi connectivity index (χ1) is 13.1. The summed E-state index contributed by atoms with van der Waals surface area (Å²) in [6, 6.07) is 7.91. The molecular formula is C19H21N7O. The number of hydrogen-bond acceptors (Lipinski definition) is 5. The lowest BCUT2D eigenvalue weighted by atomic mass is 10.1. The Hall–Kier alpha value is -3.42. The summed E-state index contributed by atoms with van der Waals surface area (Å²) in [4.78, 5) is 17.9. The zero-order valence-electron chi connectivity index (χ0n) is 15.3. The van der Waals surface area contributed by atoms with E-state index >= 15 is 0 Å². The number of pyridine rings is 1. The smallest absolute Gasteiger partial charge is 0.219 e. The number of aromatic nitrogens is 5. The summed E-state index contributed by atoms with van der Waals surface area (Å²) < 4.78 is 1.83. The van der Waals surface area contributed by atoms with Gasteiger partial charge >= 0.3 is 0 Å². The summed E-state index contributed by atoms with van der Waals surface area (Å²) in [5.74, 6) is 0.511. The van der Waals surface area contributed by atoms with E-state index in [2.05, 4.69) is 15.2 Å². The standard InChI is InChI=1S/C19H21N7O/c1-3-25(12(2)27)8-9-26-11-15-18(24-26)14-5-4-13(16-6-7-21-23-16)10-17(14)22-19(15)20/h4-7,10-11H,3,8-9H2,1-2H3,(H2,20,22)(H,21,23). The number of carbonyl (C=O) groups is 1. The number of fused-ring (bicyclic) bond motifs is 3. The Morgan fingerprint density at radius 3 is 2.85 bits per heavy atom. The average molecular weight is 363 g/mol. The van der Waals surface area contributed by atoms with Crippen molar-refractivity contribution >= 4 is 33.5 Å². The number of nitrogens with one attached hydrogen (secondary N) is 1. The Balaban J connectivity index is 1.73. The molecule has 0 aliphatic rings. The molecular weight excluding hydrogens is 342 g/mol. The summed E-state index contributed by atoms with van der Waals surface area (Å²) in [6.45, 7) is 5.44. The summed E-state index contributed by atoms with van der Waals surface area (Å²) in [7, 11) is 0. The number of carbonyl (C=O) groups excluding carboxylic acids is 1. The quantitative estimate of drug-likeness (QED) is 0.566. The molecule has 8 nitrogen and oxygen atoms in total. The van der Waals surface area contributed by atoms with Gasteiger partial charge in [0.05, 0.1) is 23.1 Å². The highest BCUT2D eigenvalue weighted by molar-refractivity contribution is 6.08. The lowest BCUT2D eigenvalue weighted by Gasteiger charge is -2.18. The van der Waals surface area contributed by atoms with E-state index in [1.54, 1.807) is 18.0 Å². The number of anilines is 1. The second kappa shape index (κ2) is 6.71. The maximum atomic E-state index is 11.6. The normalized spacial score (nSPS) is 11.3. The van der Waals surface area contributed by atoms with Crippen LogP contribution in [0.25, 0.3) is 33.1 Å². The number of hydrogen-bond donors (Lipinski definition) is 2. The number of nitrogen functional groups attached to an aromatic ring is 1. The van der Waals surface area contributed by atoms with E-state index in [1.165, 1.54) is 0 Å². The predicted octanol–water partition coefficient (Wildman–Crippen LogP) is 2.43. The van der Waals surface area contributed by atoms with E-state index in [9.17, 15) is 4.79 Å². The van der Waals surface area contributed by atoms with Crippen LogP contribution in [0.5, 0.6) is 0 Å². The molecule has 0 spiro atoms. The molecule has 0 bridgehead atoms. The van der Waals surface area contributed by atoms with Gasteiger partial charge in [0.25, 0.3) is 0 Å². The second-order valence-corrected chi connectivity index (χ2v) is 6.45. The minimum atomic E-state index is 0.0622. The van der Waals surface area contributed by atoms with Gasteiger partial charge in [-0.2, -0.15) is 10.2 Å². The Morgan fingerprint density at radius 1 is 1.30 bits per heavy atom. The van der Waals surface area contributed by atoms with Crippen molar-refractivity contribution in [1.82, 2.24) is 29.9 Å². The Labute approximate surface area is 156 Å². The molecule has 3 heterocycles. The maximum absolute atomic E-state index is 11.6. The van der Waals surface area contributed by atoms with Crippen LogP contribution in [0.1, 0.15) is 13.8 Å². The first kappa shape index (κ1) is 17.0. The third kappa shape index (κ3) is 3.10. The van der Waals surface area contributed by atoms with E-state index < -0.39 is 0 Å². The number of amides is 1. The topological polar surface area (TPSA) is 106 Å². The van der Waals surface area contributed by atoms with Gasteiger partial charge in [0.2, 0.25) is 5.91 Å². The summed E-state index contributed by atoms with van der Waals surface area (Å²) >= 11 is 0. The maximum Gasteiger partial charge on any atom is 0.219 e. The lowest BCUT2D eigenvalue weighted by Crippen LogP contribution is -2.31. The number of aromatic amines is 1. The number of nitrogens with two attached hydrogens (primary N) is 1. The predicted molar refractivity (Wildman–Crippen MR) is 105 cm³/mol. The third-order valence-electron chi connectivity index (χ3n) is 4.77. The van der Waals surface area contributed by atoms with Crippen LogP contribution in [0, 0.1) is 0 Å². The lowest BCUT2D eigenvalue weighted by molar-refractivity contribution is -0.128. The molecule has 3 N–H and O–H groups in total. The number of rotatable bonds is 5. The van der Waals surface area contributed by atoms with Gasteiger partial charge in [-0.3, -0.25) is 14.6 Å². The van der Waals surface area contributed by atoms with Crippen LogP contribution < -0.4 is 5.73 Å². The van der Waals surface area contributed by atoms with Gasteiger partial charge in [-0.1, -0.05) is 6.07 Å². The molecule has 0 aliphatic heterocycles. The Bertz CT molecular complexity index is 1110. The van der Waals surface area contributed by atoms with Gasteiger partial charge in [-0.05, 0) is 25.1 Å². The molecule has 0 unspecified atom stereocenters. The van der Waals surface area contributed by atoms with Crippen molar-refractivity contribution < 1.29 is 4.79 Å². The van der Waals surface area contributed by atoms with E-state index in [-0.39, 0.29) is 5.91 Å². The minimum Gasteiger partial charge on any atom is -0.383 e. The van der Waals surface area contributed by atoms with Crippen molar-refractivity contribution in [2.75, 3.05) is 18.8 Å². The van der Waals surface area contributed by atoms with E-state index in [0.717, 1.165) is 33.1 Å². The fourth-order valence-corrected chi connectivity index (χ4v) is 3.28. The molecule has 8 heteroatoms. The Morgan fingerprint density at radius 2 is 2.15 bits per heavy atom. The van der Waals surface area contributed by atoms with Crippen molar-refractivity contribution in [2.45, 2.75) is 20.4 Å². The van der Waals surface area contributed by atoms with Gasteiger partial charge in [0.15, 0.2) is 0 Å². The van der Waals surface area contributed by atoms with E-state index in [1.807, 2.05) is 42.1 Å². The van der Waals surface area contributed by atoms with Crippen LogP contribution in [0.3, 0.4) is 0 Å². The SMILES string of the molecule is CCN(CCn1cc2c(N)nc3cc(-c4ccn[nH]4)ccc3c2n1)C(C)=O. The molecule has 0 radical (unpaired) electrons. The Kier molecular flexibility index (Phi) is 4.23. The molecule has 0 saturated carbocycles. The first-order valence-corrected chi connectivity index (χ1v) is 8.88. The average Bonchev–Trinajstić information content (AvgIpc) is 3.32. The molecule has 3 aromatic heterocycles. The van der Waals surface area contributed by atoms with Crippen molar-refractivity contribution in [2.24, 2.45) is 0 Å². The van der Waals surface area contributed by atoms with Crippen molar-refractivity contribution in [3.8, 4) is 11.3 Å². The highest BCUT2D eigenvalue weighted by atomic mass is 16.2. The van der Waals surface area contributed by atoms with Crippen LogP contribution in [0.4, 0.5) is 5.82 Å². The second-order valence-electron chi connectivity index (χ2n) is 6.45. The molecule has 1 aromatic carbocycles. The van der Waals surface area contributed by atoms with Crippen molar-refractivity contribution in [1.29, 1.82) is 0 Å². The van der Waals surface area contributed by atoms with Crippen LogP contribution in [0.15, 0.2) is 36.7 Å². The minimum absolute atomic E-state index is 0.0622. The molecule has 138 valence electrons. The zero-order valence-corrected chi connectivity index (χ0v) is 15.3. The molecule has 0 aliphatic carbocycles. The van der Waals surface area contributed by atoms with Crippen LogP contribution in [-0.4, -0.2) is 48.9 Å². The first-order valence-electron chi connectivity index (χ1n) is 8.88. The van der Waals surface area contributed by atoms with Crippen LogP contribution in [0.2, 0.25) is 0 Å². The van der Waals surface area contributed by atoms with Gasteiger partial charge in [0.1, 0.15) is 11.3 Å². The molecule has 4 aromatic rings. The van der Waals surface area contributed by atoms with Gasteiger partial charge in [-0.25, -0.2) is 4.98 Å². The van der Waals surface area contributed by atoms with Crippen molar-refractivity contribution in [3.63, 3.8) is 0 Å². The fraction of sp³-hybridized carbons (Fsp3) is 0.263.